The molecule has 2 aromatic carbocycles. The number of cyclic esters (lactones) is 1. The van der Waals surface area contributed by atoms with Crippen LogP contribution in [0.15, 0.2) is 48.7 Å². The lowest BCUT2D eigenvalue weighted by Crippen LogP contribution is -2.59. The highest BCUT2D eigenvalue weighted by Gasteiger charge is 2.35. The first kappa shape index (κ1) is 32.1. The highest BCUT2D eigenvalue weighted by molar-refractivity contribution is 5.99. The number of benzene rings is 2. The SMILES string of the molecule is CO[C@@H](C)c1ncccc1-c1c2c3cc(cc4c3n1CCO4)-c1cc(O)cc(c1)C[C@H](N)C(=O)N1CCC[C@H](N1)C(=O)OCC(C)(C)C2. The summed E-state index contributed by atoms with van der Waals surface area (Å²) in [5.74, 6) is 0.121. The van der Waals surface area contributed by atoms with Gasteiger partial charge in [-0.1, -0.05) is 19.9 Å². The number of nitrogens with one attached hydrogen (secondary N) is 1. The van der Waals surface area contributed by atoms with Gasteiger partial charge in [-0.05, 0) is 91.3 Å². The van der Waals surface area contributed by atoms with Crippen LogP contribution in [-0.4, -0.2) is 70.5 Å². The molecule has 11 nitrogen and oxygen atoms in total. The fraction of sp³-hybridized carbons (Fsp3) is 0.432. The quantitative estimate of drug-likeness (QED) is 0.269. The van der Waals surface area contributed by atoms with Gasteiger partial charge in [-0.3, -0.25) is 19.6 Å². The zero-order chi connectivity index (χ0) is 33.7. The molecule has 2 aromatic heterocycles. The molecule has 11 heteroatoms. The molecule has 0 unspecified atom stereocenters. The average Bonchev–Trinajstić information content (AvgIpc) is 3.38. The maximum Gasteiger partial charge on any atom is 0.324 e. The molecule has 1 saturated heterocycles. The summed E-state index contributed by atoms with van der Waals surface area (Å²) >= 11 is 0. The first-order chi connectivity index (χ1) is 23.0. The Morgan fingerprint density at radius 1 is 1.12 bits per heavy atom. The van der Waals surface area contributed by atoms with Crippen molar-refractivity contribution in [2.24, 2.45) is 11.1 Å². The number of aromatic hydroxyl groups is 1. The van der Waals surface area contributed by atoms with Gasteiger partial charge in [0.15, 0.2) is 0 Å². The van der Waals surface area contributed by atoms with Crippen molar-refractivity contribution in [1.29, 1.82) is 0 Å². The Morgan fingerprint density at radius 2 is 1.94 bits per heavy atom. The smallest absolute Gasteiger partial charge is 0.324 e. The Kier molecular flexibility index (Phi) is 8.39. The standard InChI is InChI=1S/C37H43N5O6/c1-21(46-4)32-26(7-5-9-39-32)33-28-19-37(2,3)20-48-36(45)30-8-6-10-42(40-30)35(44)29(38)15-22-13-23(16-25(43)14-22)24-17-27(28)34-31(18-24)47-12-11-41(33)34/h5,7,9,13-14,16-18,21,29-30,40,43H,6,8,10-12,15,19-20,38H2,1-4H3/t21-,29-,30-/m0/s1. The number of hydrogen-bond acceptors (Lipinski definition) is 9. The fourth-order valence-corrected chi connectivity index (χ4v) is 7.32. The Morgan fingerprint density at radius 3 is 2.75 bits per heavy atom. The predicted octanol–water partition coefficient (Wildman–Crippen LogP) is 4.67. The number of carbonyl (C=O) groups excluding carboxylic acids is 2. The Bertz CT molecular complexity index is 1900. The minimum Gasteiger partial charge on any atom is -0.508 e. The summed E-state index contributed by atoms with van der Waals surface area (Å²) in [6.45, 7) is 7.94. The number of fused-ring (bicyclic) bond motifs is 6. The van der Waals surface area contributed by atoms with Crippen molar-refractivity contribution in [3.8, 4) is 33.9 Å². The number of hydrogen-bond donors (Lipinski definition) is 3. The zero-order valence-corrected chi connectivity index (χ0v) is 27.9. The summed E-state index contributed by atoms with van der Waals surface area (Å²) in [5, 5.41) is 13.3. The summed E-state index contributed by atoms with van der Waals surface area (Å²) in [4.78, 5) is 31.6. The molecule has 252 valence electrons. The molecule has 3 atom stereocenters. The molecule has 48 heavy (non-hydrogen) atoms. The predicted molar refractivity (Wildman–Crippen MR) is 181 cm³/mol. The second kappa shape index (κ2) is 12.5. The van der Waals surface area contributed by atoms with Gasteiger partial charge >= 0.3 is 5.97 Å². The van der Waals surface area contributed by atoms with E-state index >= 15 is 0 Å². The van der Waals surface area contributed by atoms with Gasteiger partial charge in [-0.15, -0.1) is 0 Å². The van der Waals surface area contributed by atoms with Crippen LogP contribution in [0.25, 0.3) is 33.3 Å². The lowest BCUT2D eigenvalue weighted by molar-refractivity contribution is -0.154. The second-order valence-corrected chi connectivity index (χ2v) is 14.0. The summed E-state index contributed by atoms with van der Waals surface area (Å²) < 4.78 is 20.4. The summed E-state index contributed by atoms with van der Waals surface area (Å²) in [6.07, 6.45) is 3.54. The van der Waals surface area contributed by atoms with Crippen molar-refractivity contribution in [2.45, 2.75) is 71.2 Å². The van der Waals surface area contributed by atoms with Crippen molar-refractivity contribution in [1.82, 2.24) is 20.0 Å². The number of methoxy groups -OCH3 is 1. The second-order valence-electron chi connectivity index (χ2n) is 14.0. The van der Waals surface area contributed by atoms with Crippen molar-refractivity contribution in [2.75, 3.05) is 26.9 Å². The highest BCUT2D eigenvalue weighted by atomic mass is 16.5. The van der Waals surface area contributed by atoms with Gasteiger partial charge in [0.05, 0.1) is 42.2 Å². The fourth-order valence-electron chi connectivity index (χ4n) is 7.32. The van der Waals surface area contributed by atoms with E-state index in [1.54, 1.807) is 25.4 Å². The summed E-state index contributed by atoms with van der Waals surface area (Å²) in [5.41, 5.74) is 16.4. The van der Waals surface area contributed by atoms with Crippen molar-refractivity contribution >= 4 is 22.8 Å². The molecule has 4 N–H and O–H groups in total. The average molecular weight is 654 g/mol. The van der Waals surface area contributed by atoms with E-state index in [2.05, 4.69) is 36.0 Å². The third kappa shape index (κ3) is 5.91. The molecule has 3 aliphatic rings. The minimum atomic E-state index is -0.877. The molecule has 4 aromatic rings. The zero-order valence-electron chi connectivity index (χ0n) is 27.9. The van der Waals surface area contributed by atoms with Crippen LogP contribution in [0.4, 0.5) is 0 Å². The number of nitrogens with zero attached hydrogens (tertiary/aromatic N) is 3. The minimum absolute atomic E-state index is 0.0818. The molecule has 0 radical (unpaired) electrons. The Hall–Kier alpha value is -4.45. The van der Waals surface area contributed by atoms with Gasteiger partial charge in [0.25, 0.3) is 5.91 Å². The van der Waals surface area contributed by atoms with Gasteiger partial charge in [-0.2, -0.15) is 0 Å². The van der Waals surface area contributed by atoms with Gasteiger partial charge < -0.3 is 29.6 Å². The largest absolute Gasteiger partial charge is 0.508 e. The van der Waals surface area contributed by atoms with Gasteiger partial charge in [0.1, 0.15) is 24.1 Å². The summed E-state index contributed by atoms with van der Waals surface area (Å²) in [7, 11) is 1.68. The topological polar surface area (TPSA) is 141 Å². The molecule has 0 aliphatic carbocycles. The molecule has 1 fully saturated rings. The lowest BCUT2D eigenvalue weighted by Gasteiger charge is -2.35. The number of phenolic OH excluding ortho intramolecular Hbond substituents is 1. The molecule has 5 heterocycles. The maximum atomic E-state index is 13.4. The third-order valence-electron chi connectivity index (χ3n) is 9.71. The molecule has 6 bridgehead atoms. The number of aromatic nitrogens is 2. The Labute approximate surface area is 279 Å². The number of rotatable bonds is 3. The van der Waals surface area contributed by atoms with E-state index < -0.39 is 23.5 Å². The third-order valence-corrected chi connectivity index (χ3v) is 9.71. The number of phenols is 1. The molecular formula is C37H43N5O6. The number of nitrogens with two attached hydrogens (primary N) is 1. The van der Waals surface area contributed by atoms with E-state index in [1.807, 2.05) is 25.1 Å². The number of amides is 1. The number of pyridine rings is 1. The van der Waals surface area contributed by atoms with Crippen molar-refractivity contribution in [3.63, 3.8) is 0 Å². The summed E-state index contributed by atoms with van der Waals surface area (Å²) in [6, 6.07) is 12.0. The maximum absolute atomic E-state index is 13.4. The van der Waals surface area contributed by atoms with E-state index in [1.165, 1.54) is 5.01 Å². The molecule has 1 amide bonds. The van der Waals surface area contributed by atoms with E-state index in [9.17, 15) is 14.7 Å². The molecular weight excluding hydrogens is 610 g/mol. The monoisotopic (exact) mass is 653 g/mol. The number of ether oxygens (including phenoxy) is 3. The van der Waals surface area contributed by atoms with Crippen LogP contribution in [0, 0.1) is 5.41 Å². The first-order valence-electron chi connectivity index (χ1n) is 16.7. The van der Waals surface area contributed by atoms with Crippen molar-refractivity contribution < 1.29 is 28.9 Å². The van der Waals surface area contributed by atoms with Gasteiger partial charge in [0.2, 0.25) is 0 Å². The Balaban J connectivity index is 1.45. The van der Waals surface area contributed by atoms with Crippen LogP contribution < -0.4 is 15.9 Å². The van der Waals surface area contributed by atoms with E-state index in [4.69, 9.17) is 24.9 Å². The van der Waals surface area contributed by atoms with Gasteiger partial charge in [0, 0.05) is 36.2 Å². The highest BCUT2D eigenvalue weighted by Crippen LogP contribution is 2.46. The van der Waals surface area contributed by atoms with E-state index in [0.717, 1.165) is 55.9 Å². The van der Waals surface area contributed by atoms with Crippen LogP contribution in [0.1, 0.15) is 56.5 Å². The number of hydrazine groups is 1. The normalized spacial score (nSPS) is 21.7. The number of carbonyl (C=O) groups is 2. The van der Waals surface area contributed by atoms with E-state index in [-0.39, 0.29) is 30.8 Å². The molecule has 0 spiro atoms. The number of esters is 1. The molecule has 3 aliphatic heterocycles. The van der Waals surface area contributed by atoms with Crippen LogP contribution in [-0.2, 0) is 38.4 Å². The molecule has 0 saturated carbocycles. The van der Waals surface area contributed by atoms with Gasteiger partial charge in [-0.25, -0.2) is 5.43 Å². The first-order valence-corrected chi connectivity index (χ1v) is 16.7. The van der Waals surface area contributed by atoms with Crippen molar-refractivity contribution in [3.05, 3.63) is 65.5 Å². The van der Waals surface area contributed by atoms with E-state index in [0.29, 0.717) is 39.0 Å². The van der Waals surface area contributed by atoms with Crippen LogP contribution >= 0.6 is 0 Å². The molecule has 7 rings (SSSR count). The lowest BCUT2D eigenvalue weighted by atomic mass is 9.84. The van der Waals surface area contributed by atoms with Crippen LogP contribution in [0.2, 0.25) is 0 Å². The van der Waals surface area contributed by atoms with Crippen LogP contribution in [0.3, 0.4) is 0 Å². The van der Waals surface area contributed by atoms with Crippen LogP contribution in [0.5, 0.6) is 11.5 Å².